The van der Waals surface area contributed by atoms with E-state index in [-0.39, 0.29) is 16.7 Å². The maximum atomic E-state index is 13.3. The van der Waals surface area contributed by atoms with Crippen LogP contribution in [0.15, 0.2) is 53.9 Å². The Labute approximate surface area is 204 Å². The van der Waals surface area contributed by atoms with Crippen molar-refractivity contribution in [1.29, 1.82) is 0 Å². The van der Waals surface area contributed by atoms with E-state index in [0.29, 0.717) is 48.9 Å². The number of aryl methyl sites for hydroxylation is 1. The first-order valence-electron chi connectivity index (χ1n) is 11.6. The van der Waals surface area contributed by atoms with Gasteiger partial charge in [-0.25, -0.2) is 40.2 Å². The summed E-state index contributed by atoms with van der Waals surface area (Å²) in [6.07, 6.45) is 6.73. The van der Waals surface area contributed by atoms with Crippen molar-refractivity contribution in [3.8, 4) is 0 Å². The van der Waals surface area contributed by atoms with E-state index in [9.17, 15) is 16.8 Å². The van der Waals surface area contributed by atoms with Gasteiger partial charge >= 0.3 is 0 Å². The zero-order valence-corrected chi connectivity index (χ0v) is 21.3. The molecular weight excluding hydrogens is 488 g/mol. The van der Waals surface area contributed by atoms with Crippen LogP contribution < -0.4 is 9.73 Å². The highest BCUT2D eigenvalue weighted by molar-refractivity contribution is 7.90. The Morgan fingerprint density at radius 1 is 1.03 bits per heavy atom. The fourth-order valence-electron chi connectivity index (χ4n) is 4.56. The van der Waals surface area contributed by atoms with Crippen LogP contribution in [0.5, 0.6) is 0 Å². The topological polar surface area (TPSA) is 119 Å². The van der Waals surface area contributed by atoms with Crippen molar-refractivity contribution in [2.75, 3.05) is 23.9 Å². The molecule has 1 N–H and O–H groups in total. The highest BCUT2D eigenvalue weighted by atomic mass is 32.2. The van der Waals surface area contributed by atoms with Gasteiger partial charge in [0.05, 0.1) is 16.8 Å². The van der Waals surface area contributed by atoms with E-state index in [4.69, 9.17) is 0 Å². The lowest BCUT2D eigenvalue weighted by molar-refractivity contribution is 0.413. The van der Waals surface area contributed by atoms with Crippen LogP contribution in [0.1, 0.15) is 31.7 Å². The van der Waals surface area contributed by atoms with Crippen molar-refractivity contribution in [3.63, 3.8) is 0 Å². The average Bonchev–Trinajstić information content (AvgIpc) is 3.44. The van der Waals surface area contributed by atoms with Gasteiger partial charge in [-0.1, -0.05) is 24.6 Å². The summed E-state index contributed by atoms with van der Waals surface area (Å²) in [7, 11) is -7.07. The fourth-order valence-corrected chi connectivity index (χ4v) is 7.26. The van der Waals surface area contributed by atoms with Gasteiger partial charge in [0, 0.05) is 30.7 Å². The van der Waals surface area contributed by atoms with Crippen molar-refractivity contribution in [1.82, 2.24) is 23.3 Å². The molecule has 1 saturated heterocycles. The highest BCUT2D eigenvalue weighted by Gasteiger charge is 2.26. The van der Waals surface area contributed by atoms with E-state index in [0.717, 1.165) is 11.1 Å². The van der Waals surface area contributed by atoms with Gasteiger partial charge in [-0.15, -0.1) is 0 Å². The van der Waals surface area contributed by atoms with Gasteiger partial charge in [0.25, 0.3) is 10.0 Å². The van der Waals surface area contributed by atoms with Crippen LogP contribution in [0.25, 0.3) is 22.1 Å². The second-order valence-electron chi connectivity index (χ2n) is 8.91. The van der Waals surface area contributed by atoms with Crippen molar-refractivity contribution >= 4 is 42.1 Å². The highest BCUT2D eigenvalue weighted by Crippen LogP contribution is 2.28. The number of aromatic nitrogens is 4. The number of benzene rings is 1. The maximum absolute atomic E-state index is 13.3. The van der Waals surface area contributed by atoms with Gasteiger partial charge in [-0.2, -0.15) is 0 Å². The number of hydrogen-bond donors (Lipinski definition) is 1. The van der Waals surface area contributed by atoms with Gasteiger partial charge in [0.2, 0.25) is 10.0 Å². The SMILES string of the molecule is CCCS(=O)(=O)NC1CCN(n2cnc3cnc4c(ccn4S(=O)(=O)c4ccc(C)cc4)c32)CC1. The minimum Gasteiger partial charge on any atom is -0.311 e. The minimum absolute atomic E-state index is 0.0972. The van der Waals surface area contributed by atoms with Crippen LogP contribution >= 0.6 is 0 Å². The molecule has 35 heavy (non-hydrogen) atoms. The first kappa shape index (κ1) is 23.8. The van der Waals surface area contributed by atoms with Crippen LogP contribution in [0.3, 0.4) is 0 Å². The summed E-state index contributed by atoms with van der Waals surface area (Å²) in [4.78, 5) is 9.09. The first-order chi connectivity index (χ1) is 16.7. The van der Waals surface area contributed by atoms with Gasteiger partial charge in [-0.3, -0.25) is 0 Å². The number of fused-ring (bicyclic) bond motifs is 3. The molecule has 0 saturated carbocycles. The van der Waals surface area contributed by atoms with Crippen LogP contribution in [0.2, 0.25) is 0 Å². The molecule has 5 rings (SSSR count). The fraction of sp³-hybridized carbons (Fsp3) is 0.391. The molecule has 0 bridgehead atoms. The summed E-state index contributed by atoms with van der Waals surface area (Å²) in [5.74, 6) is 0.132. The van der Waals surface area contributed by atoms with Crippen molar-refractivity contribution < 1.29 is 16.8 Å². The number of hydrogen-bond acceptors (Lipinski definition) is 7. The third kappa shape index (κ3) is 4.41. The molecule has 1 aliphatic rings. The molecule has 186 valence electrons. The average molecular weight is 517 g/mol. The predicted octanol–water partition coefficient (Wildman–Crippen LogP) is 2.36. The molecule has 4 heterocycles. The quantitative estimate of drug-likeness (QED) is 0.400. The number of nitrogens with one attached hydrogen (secondary N) is 1. The smallest absolute Gasteiger partial charge is 0.269 e. The summed E-state index contributed by atoms with van der Waals surface area (Å²) in [6, 6.07) is 8.38. The third-order valence-electron chi connectivity index (χ3n) is 6.34. The molecule has 1 aromatic carbocycles. The van der Waals surface area contributed by atoms with Crippen molar-refractivity contribution in [3.05, 3.63) is 54.6 Å². The Morgan fingerprint density at radius 3 is 2.43 bits per heavy atom. The Balaban J connectivity index is 1.46. The minimum atomic E-state index is -3.81. The normalized spacial score (nSPS) is 15.9. The lowest BCUT2D eigenvalue weighted by Gasteiger charge is -2.34. The van der Waals surface area contributed by atoms with Gasteiger partial charge in [-0.05, 0) is 44.4 Å². The molecule has 12 heteroatoms. The number of nitrogens with zero attached hydrogens (tertiary/aromatic N) is 5. The van der Waals surface area contributed by atoms with Crippen LogP contribution in [-0.2, 0) is 20.0 Å². The first-order valence-corrected chi connectivity index (χ1v) is 14.7. The van der Waals surface area contributed by atoms with E-state index in [2.05, 4.69) is 19.7 Å². The maximum Gasteiger partial charge on any atom is 0.269 e. The Kier molecular flexibility index (Phi) is 6.06. The number of pyridine rings is 1. The summed E-state index contributed by atoms with van der Waals surface area (Å²) in [5, 5.41) is 2.78. The lowest BCUT2D eigenvalue weighted by Crippen LogP contribution is -2.48. The van der Waals surface area contributed by atoms with Gasteiger partial charge in [0.1, 0.15) is 17.4 Å². The standard InChI is InChI=1S/C23H28N6O4S2/c1-3-14-34(30,31)26-18-8-11-27(12-9-18)28-16-25-21-15-24-23-20(22(21)28)10-13-29(23)35(32,33)19-6-4-17(2)5-7-19/h4-7,10,13,15-16,18,26H,3,8-9,11-12,14H2,1-2H3. The molecule has 0 spiro atoms. The Morgan fingerprint density at radius 2 is 1.74 bits per heavy atom. The van der Waals surface area contributed by atoms with Crippen molar-refractivity contribution in [2.45, 2.75) is 44.0 Å². The molecule has 0 amide bonds. The number of sulfonamides is 1. The van der Waals surface area contributed by atoms with Crippen molar-refractivity contribution in [2.24, 2.45) is 0 Å². The Hall–Kier alpha value is -2.96. The molecule has 0 radical (unpaired) electrons. The third-order valence-corrected chi connectivity index (χ3v) is 9.66. The zero-order valence-electron chi connectivity index (χ0n) is 19.6. The Bertz CT molecular complexity index is 1580. The van der Waals surface area contributed by atoms with Gasteiger partial charge in [0.15, 0.2) is 5.65 Å². The zero-order chi connectivity index (χ0) is 24.8. The predicted molar refractivity (Wildman–Crippen MR) is 135 cm³/mol. The second-order valence-corrected chi connectivity index (χ2v) is 12.6. The summed E-state index contributed by atoms with van der Waals surface area (Å²) in [6.45, 7) is 5.03. The van der Waals surface area contributed by atoms with Crippen LogP contribution in [0.4, 0.5) is 0 Å². The molecule has 10 nitrogen and oxygen atoms in total. The summed E-state index contributed by atoms with van der Waals surface area (Å²) >= 11 is 0. The number of imidazole rings is 1. The molecule has 0 unspecified atom stereocenters. The molecule has 0 aliphatic carbocycles. The lowest BCUT2D eigenvalue weighted by atomic mass is 10.1. The molecule has 1 fully saturated rings. The van der Waals surface area contributed by atoms with E-state index in [1.54, 1.807) is 42.9 Å². The summed E-state index contributed by atoms with van der Waals surface area (Å²) in [5.41, 5.74) is 2.75. The summed E-state index contributed by atoms with van der Waals surface area (Å²) < 4.78 is 56.8. The van der Waals surface area contributed by atoms with Crippen LogP contribution in [-0.4, -0.2) is 60.3 Å². The van der Waals surface area contributed by atoms with Gasteiger partial charge < -0.3 is 5.01 Å². The van der Waals surface area contributed by atoms with Crippen LogP contribution in [0, 0.1) is 6.92 Å². The van der Waals surface area contributed by atoms with E-state index in [1.807, 2.05) is 18.5 Å². The number of piperidine rings is 1. The molecule has 0 atom stereocenters. The number of rotatable bonds is 7. The van der Waals surface area contributed by atoms with E-state index in [1.165, 1.54) is 10.2 Å². The van der Waals surface area contributed by atoms with E-state index < -0.39 is 20.0 Å². The molecular formula is C23H28N6O4S2. The molecule has 4 aromatic rings. The molecule has 3 aromatic heterocycles. The largest absolute Gasteiger partial charge is 0.311 e. The van der Waals surface area contributed by atoms with E-state index >= 15 is 0 Å². The molecule has 1 aliphatic heterocycles. The second kappa shape index (κ2) is 8.92. The monoisotopic (exact) mass is 516 g/mol.